The number of hydrogen-bond acceptors (Lipinski definition) is 3. The Kier molecular flexibility index (Phi) is 5.24. The molecular formula is C17H24F3N3. The van der Waals surface area contributed by atoms with Crippen molar-refractivity contribution in [1.29, 1.82) is 0 Å². The van der Waals surface area contributed by atoms with Crippen molar-refractivity contribution in [3.8, 4) is 0 Å². The largest absolute Gasteiger partial charge is 0.403 e. The molecule has 23 heavy (non-hydrogen) atoms. The Morgan fingerprint density at radius 3 is 2.35 bits per heavy atom. The second-order valence-corrected chi connectivity index (χ2v) is 6.52. The topological polar surface area (TPSA) is 18.5 Å². The van der Waals surface area contributed by atoms with Gasteiger partial charge in [0, 0.05) is 45.3 Å². The van der Waals surface area contributed by atoms with E-state index in [-0.39, 0.29) is 12.5 Å². The van der Waals surface area contributed by atoms with Gasteiger partial charge in [-0.05, 0) is 18.4 Å². The van der Waals surface area contributed by atoms with Gasteiger partial charge < -0.3 is 5.32 Å². The Balaban J connectivity index is 1.52. The zero-order chi connectivity index (χ0) is 16.3. The van der Waals surface area contributed by atoms with Crippen LogP contribution in [0.1, 0.15) is 12.0 Å². The van der Waals surface area contributed by atoms with Crippen molar-refractivity contribution in [3.05, 3.63) is 35.9 Å². The van der Waals surface area contributed by atoms with E-state index in [9.17, 15) is 13.2 Å². The smallest absolute Gasteiger partial charge is 0.305 e. The first-order chi connectivity index (χ1) is 11.0. The maximum Gasteiger partial charge on any atom is 0.403 e. The fourth-order valence-corrected chi connectivity index (χ4v) is 3.53. The third kappa shape index (κ3) is 4.46. The number of halogens is 3. The summed E-state index contributed by atoms with van der Waals surface area (Å²) in [6.45, 7) is 5.35. The highest BCUT2D eigenvalue weighted by Crippen LogP contribution is 2.24. The minimum atomic E-state index is -4.20. The standard InChI is InChI=1S/C17H24F3N3/c18-17(19,20)16(7-6-14-4-2-1-3-5-14)21-12-15-13-22-8-10-23(15)11-9-22/h1-5,15-16,21H,6-13H2/t15-,16+/m0/s1. The highest BCUT2D eigenvalue weighted by atomic mass is 19.4. The molecule has 0 radical (unpaired) electrons. The lowest BCUT2D eigenvalue weighted by Gasteiger charge is -2.47. The van der Waals surface area contributed by atoms with Crippen LogP contribution in [0, 0.1) is 0 Å². The van der Waals surface area contributed by atoms with Crippen LogP contribution in [0.25, 0.3) is 0 Å². The third-order valence-corrected chi connectivity index (χ3v) is 4.95. The summed E-state index contributed by atoms with van der Waals surface area (Å²) in [5.41, 5.74) is 0.954. The summed E-state index contributed by atoms with van der Waals surface area (Å²) in [6, 6.07) is 8.15. The highest BCUT2D eigenvalue weighted by Gasteiger charge is 2.40. The molecule has 1 N–H and O–H groups in total. The van der Waals surface area contributed by atoms with E-state index in [1.807, 2.05) is 30.3 Å². The van der Waals surface area contributed by atoms with Crippen molar-refractivity contribution >= 4 is 0 Å². The number of fused-ring (bicyclic) bond motifs is 3. The van der Waals surface area contributed by atoms with Crippen LogP contribution in [0.3, 0.4) is 0 Å². The Morgan fingerprint density at radius 2 is 1.78 bits per heavy atom. The summed E-state index contributed by atoms with van der Waals surface area (Å²) in [6.07, 6.45) is -3.67. The van der Waals surface area contributed by atoms with E-state index < -0.39 is 12.2 Å². The SMILES string of the molecule is FC(F)(F)[C@@H](CCc1ccccc1)NC[C@H]1CN2CCN1CC2. The molecule has 3 heterocycles. The van der Waals surface area contributed by atoms with Crippen molar-refractivity contribution in [2.45, 2.75) is 31.1 Å². The number of piperazine rings is 3. The van der Waals surface area contributed by atoms with E-state index >= 15 is 0 Å². The molecule has 0 unspecified atom stereocenters. The summed E-state index contributed by atoms with van der Waals surface area (Å²) in [5, 5.41) is 2.79. The minimum Gasteiger partial charge on any atom is -0.305 e. The quantitative estimate of drug-likeness (QED) is 0.864. The predicted octanol–water partition coefficient (Wildman–Crippen LogP) is 2.14. The van der Waals surface area contributed by atoms with Gasteiger partial charge in [0.15, 0.2) is 0 Å². The van der Waals surface area contributed by atoms with Gasteiger partial charge in [-0.1, -0.05) is 30.3 Å². The van der Waals surface area contributed by atoms with Gasteiger partial charge in [-0.3, -0.25) is 9.80 Å². The lowest BCUT2D eigenvalue weighted by atomic mass is 10.0. The maximum absolute atomic E-state index is 13.3. The van der Waals surface area contributed by atoms with Gasteiger partial charge in [0.05, 0.1) is 0 Å². The van der Waals surface area contributed by atoms with E-state index in [4.69, 9.17) is 0 Å². The van der Waals surface area contributed by atoms with E-state index in [2.05, 4.69) is 15.1 Å². The lowest BCUT2D eigenvalue weighted by Crippen LogP contribution is -2.64. The summed E-state index contributed by atoms with van der Waals surface area (Å²) in [7, 11) is 0. The van der Waals surface area contributed by atoms with Crippen LogP contribution < -0.4 is 5.32 Å². The molecule has 4 rings (SSSR count). The van der Waals surface area contributed by atoms with E-state index in [0.717, 1.165) is 38.3 Å². The van der Waals surface area contributed by atoms with Crippen molar-refractivity contribution in [2.24, 2.45) is 0 Å². The number of hydrogen-bond donors (Lipinski definition) is 1. The summed E-state index contributed by atoms with van der Waals surface area (Å²) < 4.78 is 39.8. The van der Waals surface area contributed by atoms with Crippen LogP contribution in [0.4, 0.5) is 13.2 Å². The van der Waals surface area contributed by atoms with Crippen molar-refractivity contribution < 1.29 is 13.2 Å². The molecule has 0 spiro atoms. The first kappa shape index (κ1) is 16.7. The van der Waals surface area contributed by atoms with Crippen LogP contribution in [-0.4, -0.2) is 67.3 Å². The molecule has 3 nitrogen and oxygen atoms in total. The second-order valence-electron chi connectivity index (χ2n) is 6.52. The van der Waals surface area contributed by atoms with Crippen LogP contribution in [0.15, 0.2) is 30.3 Å². The number of nitrogens with zero attached hydrogens (tertiary/aromatic N) is 2. The van der Waals surface area contributed by atoms with Gasteiger partial charge in [0.25, 0.3) is 0 Å². The Bertz CT molecular complexity index is 484. The number of rotatable bonds is 6. The molecule has 0 aliphatic carbocycles. The molecule has 0 amide bonds. The van der Waals surface area contributed by atoms with Crippen molar-refractivity contribution in [3.63, 3.8) is 0 Å². The van der Waals surface area contributed by atoms with Gasteiger partial charge in [-0.25, -0.2) is 0 Å². The zero-order valence-corrected chi connectivity index (χ0v) is 13.2. The molecule has 3 aliphatic rings. The van der Waals surface area contributed by atoms with Crippen LogP contribution in [0.5, 0.6) is 0 Å². The van der Waals surface area contributed by atoms with Gasteiger partial charge in [-0.2, -0.15) is 13.2 Å². The monoisotopic (exact) mass is 327 g/mol. The molecule has 3 saturated heterocycles. The van der Waals surface area contributed by atoms with E-state index in [1.54, 1.807) is 0 Å². The summed E-state index contributed by atoms with van der Waals surface area (Å²) >= 11 is 0. The van der Waals surface area contributed by atoms with Gasteiger partial charge in [0.1, 0.15) is 6.04 Å². The lowest BCUT2D eigenvalue weighted by molar-refractivity contribution is -0.158. The maximum atomic E-state index is 13.3. The Morgan fingerprint density at radius 1 is 1.09 bits per heavy atom. The average molecular weight is 327 g/mol. The van der Waals surface area contributed by atoms with E-state index in [1.165, 1.54) is 0 Å². The molecule has 128 valence electrons. The molecule has 1 aromatic rings. The van der Waals surface area contributed by atoms with Crippen molar-refractivity contribution in [1.82, 2.24) is 15.1 Å². The fraction of sp³-hybridized carbons (Fsp3) is 0.647. The van der Waals surface area contributed by atoms with Gasteiger partial charge in [-0.15, -0.1) is 0 Å². The second kappa shape index (κ2) is 7.20. The molecule has 3 fully saturated rings. The van der Waals surface area contributed by atoms with Crippen LogP contribution in [-0.2, 0) is 6.42 Å². The first-order valence-corrected chi connectivity index (χ1v) is 8.33. The van der Waals surface area contributed by atoms with Crippen LogP contribution >= 0.6 is 0 Å². The molecule has 2 atom stereocenters. The van der Waals surface area contributed by atoms with Gasteiger partial charge in [0.2, 0.25) is 0 Å². The average Bonchev–Trinajstić information content (AvgIpc) is 2.55. The molecule has 6 heteroatoms. The number of alkyl halides is 3. The number of nitrogens with one attached hydrogen (secondary N) is 1. The van der Waals surface area contributed by atoms with Crippen LogP contribution in [0.2, 0.25) is 0 Å². The molecule has 1 aromatic carbocycles. The predicted molar refractivity (Wildman–Crippen MR) is 84.4 cm³/mol. The Hall–Kier alpha value is -1.11. The minimum absolute atomic E-state index is 0.0872. The van der Waals surface area contributed by atoms with E-state index in [0.29, 0.717) is 13.0 Å². The zero-order valence-electron chi connectivity index (χ0n) is 13.2. The van der Waals surface area contributed by atoms with Gasteiger partial charge >= 0.3 is 6.18 Å². The molecule has 2 bridgehead atoms. The first-order valence-electron chi connectivity index (χ1n) is 8.33. The number of aryl methyl sites for hydroxylation is 1. The fourth-order valence-electron chi connectivity index (χ4n) is 3.53. The molecule has 0 saturated carbocycles. The highest BCUT2D eigenvalue weighted by molar-refractivity contribution is 5.14. The Labute approximate surface area is 135 Å². The summed E-state index contributed by atoms with van der Waals surface area (Å²) in [5.74, 6) is 0. The van der Waals surface area contributed by atoms with Crippen molar-refractivity contribution in [2.75, 3.05) is 39.3 Å². The normalized spacial score (nSPS) is 28.7. The molecule has 3 aliphatic heterocycles. The number of benzene rings is 1. The third-order valence-electron chi connectivity index (χ3n) is 4.95. The summed E-state index contributed by atoms with van der Waals surface area (Å²) in [4.78, 5) is 4.66. The molecular weight excluding hydrogens is 303 g/mol. The molecule has 0 aromatic heterocycles.